The monoisotopic (exact) mass is 591 g/mol. The molecule has 2 atom stereocenters. The molecule has 2 aromatic rings. The van der Waals surface area contributed by atoms with E-state index in [4.69, 9.17) is 4.74 Å². The molecule has 4 rings (SSSR count). The maximum Gasteiger partial charge on any atom is 0.416 e. The molecule has 0 unspecified atom stereocenters. The van der Waals surface area contributed by atoms with Gasteiger partial charge in [0.25, 0.3) is 0 Å². The Morgan fingerprint density at radius 2 is 1.41 bits per heavy atom. The third-order valence-corrected chi connectivity index (χ3v) is 7.44. The number of hydrogen-bond donors (Lipinski definition) is 0. The number of nitrogens with zero attached hydrogens (tertiary/aromatic N) is 1. The fraction of sp³-hybridized carbons (Fsp3) is 0.483. The van der Waals surface area contributed by atoms with Gasteiger partial charge in [-0.15, -0.1) is 0 Å². The van der Waals surface area contributed by atoms with Gasteiger partial charge in [0, 0.05) is 12.0 Å². The molecule has 0 spiro atoms. The van der Waals surface area contributed by atoms with Crippen LogP contribution in [0.1, 0.15) is 84.9 Å². The molecular weight excluding hydrogens is 565 g/mol. The predicted octanol–water partition coefficient (Wildman–Crippen LogP) is 9.15. The molecule has 222 valence electrons. The van der Waals surface area contributed by atoms with E-state index in [0.29, 0.717) is 24.5 Å². The molecule has 0 bridgehead atoms. The van der Waals surface area contributed by atoms with Gasteiger partial charge in [-0.05, 0) is 73.2 Å². The lowest BCUT2D eigenvalue weighted by Gasteiger charge is -2.23. The first-order valence-electron chi connectivity index (χ1n) is 13.0. The second-order valence-corrected chi connectivity index (χ2v) is 10.4. The average Bonchev–Trinajstić information content (AvgIpc) is 3.16. The van der Waals surface area contributed by atoms with Gasteiger partial charge >= 0.3 is 24.6 Å². The average molecular weight is 592 g/mol. The molecule has 1 amide bonds. The van der Waals surface area contributed by atoms with Gasteiger partial charge in [0.1, 0.15) is 6.10 Å². The first kappa shape index (κ1) is 30.6. The summed E-state index contributed by atoms with van der Waals surface area (Å²) in [7, 11) is 0. The Morgan fingerprint density at radius 3 is 1.98 bits per heavy atom. The predicted molar refractivity (Wildman–Crippen MR) is 130 cm³/mol. The fourth-order valence-corrected chi connectivity index (χ4v) is 5.19. The van der Waals surface area contributed by atoms with Crippen molar-refractivity contribution in [2.24, 2.45) is 5.92 Å². The molecule has 1 aliphatic heterocycles. The molecule has 1 saturated heterocycles. The van der Waals surface area contributed by atoms with E-state index in [2.05, 4.69) is 11.8 Å². The van der Waals surface area contributed by atoms with Gasteiger partial charge in [0.15, 0.2) is 0 Å². The van der Waals surface area contributed by atoms with Crippen LogP contribution < -0.4 is 0 Å². The number of ether oxygens (including phenoxy) is 1. The van der Waals surface area contributed by atoms with E-state index in [9.17, 15) is 44.3 Å². The molecule has 12 heteroatoms. The van der Waals surface area contributed by atoms with Gasteiger partial charge in [0.05, 0.1) is 29.3 Å². The SMILES string of the molecule is C[C@H]1[C@@H](c2cc(C(F)(F)F)cc(C(F)(F)F)c2)OC(=O)N1Cc1cc(C(F)(F)F)ccc1C#CCC1CCCCC1. The van der Waals surface area contributed by atoms with Crippen LogP contribution in [0.4, 0.5) is 44.3 Å². The molecule has 41 heavy (non-hydrogen) atoms. The van der Waals surface area contributed by atoms with Gasteiger partial charge in [0.2, 0.25) is 0 Å². The highest BCUT2D eigenvalue weighted by Gasteiger charge is 2.43. The van der Waals surface area contributed by atoms with Crippen molar-refractivity contribution in [3.63, 3.8) is 0 Å². The van der Waals surface area contributed by atoms with Crippen molar-refractivity contribution < 1.29 is 49.0 Å². The zero-order valence-electron chi connectivity index (χ0n) is 21.8. The first-order valence-corrected chi connectivity index (χ1v) is 13.0. The molecule has 1 saturated carbocycles. The summed E-state index contributed by atoms with van der Waals surface area (Å²) in [6.45, 7) is 0.893. The van der Waals surface area contributed by atoms with Crippen LogP contribution in [0.3, 0.4) is 0 Å². The Bertz CT molecular complexity index is 1300. The summed E-state index contributed by atoms with van der Waals surface area (Å²) in [6.07, 6.45) is -11.6. The minimum atomic E-state index is -5.11. The third kappa shape index (κ3) is 7.29. The lowest BCUT2D eigenvalue weighted by molar-refractivity contribution is -0.143. The van der Waals surface area contributed by atoms with Crippen molar-refractivity contribution in [2.45, 2.75) is 82.7 Å². The van der Waals surface area contributed by atoms with Crippen LogP contribution in [0, 0.1) is 17.8 Å². The number of benzene rings is 2. The number of alkyl halides is 9. The molecule has 3 nitrogen and oxygen atoms in total. The molecule has 0 N–H and O–H groups in total. The Hall–Kier alpha value is -3.36. The van der Waals surface area contributed by atoms with Crippen LogP contribution in [-0.2, 0) is 29.8 Å². The third-order valence-electron chi connectivity index (χ3n) is 7.44. The van der Waals surface area contributed by atoms with Crippen molar-refractivity contribution in [3.05, 3.63) is 69.8 Å². The molecule has 0 radical (unpaired) electrons. The number of halogens is 9. The summed E-state index contributed by atoms with van der Waals surface area (Å²) in [5.41, 5.74) is -4.41. The Balaban J connectivity index is 1.64. The summed E-state index contributed by atoms with van der Waals surface area (Å²) in [5, 5.41) is 0. The number of rotatable bonds is 4. The number of hydrogen-bond acceptors (Lipinski definition) is 2. The highest BCUT2D eigenvalue weighted by atomic mass is 19.4. The summed E-state index contributed by atoms with van der Waals surface area (Å²) < 4.78 is 126. The summed E-state index contributed by atoms with van der Waals surface area (Å²) in [6, 6.07) is 2.69. The van der Waals surface area contributed by atoms with Crippen molar-refractivity contribution in [3.8, 4) is 11.8 Å². The molecular formula is C29H26F9NO2. The molecule has 2 aliphatic rings. The molecule has 1 heterocycles. The standard InChI is InChI=1S/C29H26F9NO2/c1-17-25(20-12-23(28(33,34)35)15-24(13-20)29(36,37)38)41-26(40)39(17)16-21-14-22(27(30,31)32)11-10-19(21)9-5-8-18-6-3-2-4-7-18/h10-15,17-18,25H,2-4,6-8,16H2,1H3/t17-,25-/m0/s1. The maximum absolute atomic E-state index is 13.5. The Morgan fingerprint density at radius 1 is 0.829 bits per heavy atom. The lowest BCUT2D eigenvalue weighted by Crippen LogP contribution is -2.32. The number of carbonyl (C=O) groups excluding carboxylic acids is 1. The van der Waals surface area contributed by atoms with Gasteiger partial charge in [-0.1, -0.05) is 31.1 Å². The smallest absolute Gasteiger partial charge is 0.416 e. The van der Waals surface area contributed by atoms with Crippen molar-refractivity contribution >= 4 is 6.09 Å². The number of amides is 1. The van der Waals surface area contributed by atoms with Crippen LogP contribution in [-0.4, -0.2) is 17.0 Å². The molecule has 2 aromatic carbocycles. The van der Waals surface area contributed by atoms with Gasteiger partial charge < -0.3 is 4.74 Å². The van der Waals surface area contributed by atoms with E-state index in [1.54, 1.807) is 0 Å². The molecule has 1 aliphatic carbocycles. The van der Waals surface area contributed by atoms with Crippen LogP contribution in [0.5, 0.6) is 0 Å². The molecule has 0 aromatic heterocycles. The Labute approximate surface area is 230 Å². The topological polar surface area (TPSA) is 29.5 Å². The summed E-state index contributed by atoms with van der Waals surface area (Å²) in [4.78, 5) is 13.7. The fourth-order valence-electron chi connectivity index (χ4n) is 5.19. The Kier molecular flexibility index (Phi) is 8.58. The highest BCUT2D eigenvalue weighted by Crippen LogP contribution is 2.41. The second-order valence-electron chi connectivity index (χ2n) is 10.4. The highest BCUT2D eigenvalue weighted by molar-refractivity contribution is 5.71. The van der Waals surface area contributed by atoms with Crippen LogP contribution in [0.25, 0.3) is 0 Å². The van der Waals surface area contributed by atoms with Crippen LogP contribution in [0.15, 0.2) is 36.4 Å². The second kappa shape index (κ2) is 11.5. The molecule has 2 fully saturated rings. The zero-order valence-corrected chi connectivity index (χ0v) is 21.8. The first-order chi connectivity index (χ1) is 19.0. The van der Waals surface area contributed by atoms with Crippen LogP contribution in [0.2, 0.25) is 0 Å². The zero-order chi connectivity index (χ0) is 30.2. The number of cyclic esters (lactones) is 1. The van der Waals surface area contributed by atoms with Gasteiger partial charge in [-0.3, -0.25) is 4.90 Å². The van der Waals surface area contributed by atoms with E-state index in [-0.39, 0.29) is 17.2 Å². The van der Waals surface area contributed by atoms with E-state index < -0.39 is 65.6 Å². The quantitative estimate of drug-likeness (QED) is 0.262. The minimum absolute atomic E-state index is 0.0282. The van der Waals surface area contributed by atoms with Crippen LogP contribution >= 0.6 is 0 Å². The van der Waals surface area contributed by atoms with Gasteiger partial charge in [-0.2, -0.15) is 39.5 Å². The lowest BCUT2D eigenvalue weighted by atomic mass is 9.87. The van der Waals surface area contributed by atoms with Crippen molar-refractivity contribution in [2.75, 3.05) is 0 Å². The maximum atomic E-state index is 13.5. The van der Waals surface area contributed by atoms with Gasteiger partial charge in [-0.25, -0.2) is 4.79 Å². The van der Waals surface area contributed by atoms with E-state index in [1.807, 2.05) is 0 Å². The van der Waals surface area contributed by atoms with E-state index in [1.165, 1.54) is 13.0 Å². The largest absolute Gasteiger partial charge is 0.439 e. The number of carbonyl (C=O) groups is 1. The normalized spacial score (nSPS) is 20.5. The minimum Gasteiger partial charge on any atom is -0.439 e. The van der Waals surface area contributed by atoms with Crippen molar-refractivity contribution in [1.82, 2.24) is 4.90 Å². The van der Waals surface area contributed by atoms with E-state index in [0.717, 1.165) is 49.1 Å². The van der Waals surface area contributed by atoms with Crippen molar-refractivity contribution in [1.29, 1.82) is 0 Å². The summed E-state index contributed by atoms with van der Waals surface area (Å²) >= 11 is 0. The summed E-state index contributed by atoms with van der Waals surface area (Å²) in [5.74, 6) is 6.29. The van der Waals surface area contributed by atoms with E-state index >= 15 is 0 Å².